The van der Waals surface area contributed by atoms with Crippen molar-refractivity contribution in [2.75, 3.05) is 5.32 Å². The molecule has 1 aliphatic rings. The maximum atomic E-state index is 13.9. The number of hydrogen-bond acceptors (Lipinski definition) is 3. The highest BCUT2D eigenvalue weighted by molar-refractivity contribution is 5.94. The summed E-state index contributed by atoms with van der Waals surface area (Å²) < 4.78 is 19.4. The zero-order valence-corrected chi connectivity index (χ0v) is 11.7. The van der Waals surface area contributed by atoms with Crippen molar-refractivity contribution in [3.63, 3.8) is 0 Å². The Bertz CT molecular complexity index is 475. The highest BCUT2D eigenvalue weighted by Crippen LogP contribution is 2.28. The molecule has 3 N–H and O–H groups in total. The molecule has 0 aliphatic heterocycles. The van der Waals surface area contributed by atoms with Gasteiger partial charge in [0.25, 0.3) is 0 Å². The summed E-state index contributed by atoms with van der Waals surface area (Å²) in [5.74, 6) is -0.511. The average molecular weight is 280 g/mol. The number of amides is 1. The van der Waals surface area contributed by atoms with Gasteiger partial charge in [0.2, 0.25) is 5.91 Å². The highest BCUT2D eigenvalue weighted by atomic mass is 19.1. The van der Waals surface area contributed by atoms with Crippen LogP contribution in [0.4, 0.5) is 10.1 Å². The normalized spacial score (nSPS) is 16.4. The number of benzene rings is 1. The SMILES string of the molecule is CCCC(N)C(=O)Nc1ccc(OC2CCC2)c(F)c1. The summed E-state index contributed by atoms with van der Waals surface area (Å²) in [6.45, 7) is 1.96. The van der Waals surface area contributed by atoms with Gasteiger partial charge >= 0.3 is 0 Å². The maximum absolute atomic E-state index is 13.9. The molecule has 1 fully saturated rings. The minimum atomic E-state index is -0.561. The monoisotopic (exact) mass is 280 g/mol. The summed E-state index contributed by atoms with van der Waals surface area (Å²) in [6, 6.07) is 3.89. The number of carbonyl (C=O) groups is 1. The fourth-order valence-corrected chi connectivity index (χ4v) is 2.02. The number of anilines is 1. The lowest BCUT2D eigenvalue weighted by atomic mass is 9.96. The standard InChI is InChI=1S/C15H21FN2O2/c1-2-4-13(17)15(19)18-10-7-8-14(12(16)9-10)20-11-5-3-6-11/h7-9,11,13H,2-6,17H2,1H3,(H,18,19). The van der Waals surface area contributed by atoms with E-state index in [9.17, 15) is 9.18 Å². The zero-order chi connectivity index (χ0) is 14.5. The maximum Gasteiger partial charge on any atom is 0.241 e. The first-order valence-corrected chi connectivity index (χ1v) is 7.12. The Morgan fingerprint density at radius 3 is 2.85 bits per heavy atom. The number of ether oxygens (including phenoxy) is 1. The predicted molar refractivity (Wildman–Crippen MR) is 76.2 cm³/mol. The second kappa shape index (κ2) is 6.70. The van der Waals surface area contributed by atoms with Gasteiger partial charge < -0.3 is 15.8 Å². The molecule has 2 rings (SSSR count). The second-order valence-corrected chi connectivity index (χ2v) is 5.20. The van der Waals surface area contributed by atoms with Crippen molar-refractivity contribution in [2.24, 2.45) is 5.73 Å². The minimum Gasteiger partial charge on any atom is -0.487 e. The smallest absolute Gasteiger partial charge is 0.241 e. The van der Waals surface area contributed by atoms with Crippen LogP contribution in [0.2, 0.25) is 0 Å². The molecule has 4 nitrogen and oxygen atoms in total. The van der Waals surface area contributed by atoms with Crippen LogP contribution in [0.25, 0.3) is 0 Å². The molecular formula is C15H21FN2O2. The van der Waals surface area contributed by atoms with Crippen LogP contribution in [-0.4, -0.2) is 18.1 Å². The highest BCUT2D eigenvalue weighted by Gasteiger charge is 2.21. The molecule has 1 aliphatic carbocycles. The molecule has 5 heteroatoms. The van der Waals surface area contributed by atoms with Gasteiger partial charge in [-0.25, -0.2) is 4.39 Å². The molecule has 1 aromatic carbocycles. The third kappa shape index (κ3) is 3.70. The lowest BCUT2D eigenvalue weighted by molar-refractivity contribution is -0.117. The Labute approximate surface area is 118 Å². The van der Waals surface area contributed by atoms with E-state index in [1.807, 2.05) is 6.92 Å². The molecule has 0 radical (unpaired) electrons. The van der Waals surface area contributed by atoms with Gasteiger partial charge in [-0.15, -0.1) is 0 Å². The molecule has 1 aromatic rings. The first kappa shape index (κ1) is 14.8. The summed E-state index contributed by atoms with van der Waals surface area (Å²) >= 11 is 0. The first-order valence-electron chi connectivity index (χ1n) is 7.12. The first-order chi connectivity index (χ1) is 9.60. The summed E-state index contributed by atoms with van der Waals surface area (Å²) in [6.07, 6.45) is 4.65. The molecule has 0 heterocycles. The van der Waals surface area contributed by atoms with Crippen molar-refractivity contribution in [2.45, 2.75) is 51.2 Å². The minimum absolute atomic E-state index is 0.128. The Hall–Kier alpha value is -1.62. The van der Waals surface area contributed by atoms with Crippen LogP contribution in [0, 0.1) is 5.82 Å². The Morgan fingerprint density at radius 2 is 2.30 bits per heavy atom. The topological polar surface area (TPSA) is 64.4 Å². The average Bonchev–Trinajstić information content (AvgIpc) is 2.36. The lowest BCUT2D eigenvalue weighted by Crippen LogP contribution is -2.35. The van der Waals surface area contributed by atoms with Gasteiger partial charge in [0.1, 0.15) is 0 Å². The summed E-state index contributed by atoms with van der Waals surface area (Å²) in [5.41, 5.74) is 6.11. The number of halogens is 1. The Morgan fingerprint density at radius 1 is 1.55 bits per heavy atom. The number of rotatable bonds is 6. The molecule has 20 heavy (non-hydrogen) atoms. The van der Waals surface area contributed by atoms with Crippen molar-refractivity contribution in [3.05, 3.63) is 24.0 Å². The lowest BCUT2D eigenvalue weighted by Gasteiger charge is -2.26. The van der Waals surface area contributed by atoms with E-state index in [1.54, 1.807) is 12.1 Å². The van der Waals surface area contributed by atoms with Crippen molar-refractivity contribution in [3.8, 4) is 5.75 Å². The number of hydrogen-bond donors (Lipinski definition) is 2. The van der Waals surface area contributed by atoms with Crippen molar-refractivity contribution in [1.82, 2.24) is 0 Å². The molecule has 0 spiro atoms. The Kier molecular flexibility index (Phi) is 4.95. The second-order valence-electron chi connectivity index (χ2n) is 5.20. The molecule has 0 aromatic heterocycles. The third-order valence-corrected chi connectivity index (χ3v) is 3.48. The van der Waals surface area contributed by atoms with Crippen molar-refractivity contribution >= 4 is 11.6 Å². The van der Waals surface area contributed by atoms with Gasteiger partial charge in [0.05, 0.1) is 12.1 Å². The number of nitrogens with two attached hydrogens (primary N) is 1. The van der Waals surface area contributed by atoms with Gasteiger partial charge in [-0.3, -0.25) is 4.79 Å². The van der Waals surface area contributed by atoms with Gasteiger partial charge in [0, 0.05) is 11.8 Å². The van der Waals surface area contributed by atoms with Crippen LogP contribution in [0.3, 0.4) is 0 Å². The molecule has 1 unspecified atom stereocenters. The van der Waals surface area contributed by atoms with Crippen LogP contribution < -0.4 is 15.8 Å². The molecule has 0 saturated heterocycles. The van der Waals surface area contributed by atoms with E-state index in [0.717, 1.165) is 25.7 Å². The van der Waals surface area contributed by atoms with Crippen molar-refractivity contribution in [1.29, 1.82) is 0 Å². The molecule has 0 bridgehead atoms. The zero-order valence-electron chi connectivity index (χ0n) is 11.7. The van der Waals surface area contributed by atoms with Gasteiger partial charge in [-0.2, -0.15) is 0 Å². The van der Waals surface area contributed by atoms with E-state index in [2.05, 4.69) is 5.32 Å². The molecule has 1 saturated carbocycles. The van der Waals surface area contributed by atoms with E-state index in [4.69, 9.17) is 10.5 Å². The van der Waals surface area contributed by atoms with Crippen LogP contribution >= 0.6 is 0 Å². The number of nitrogens with one attached hydrogen (secondary N) is 1. The molecule has 110 valence electrons. The largest absolute Gasteiger partial charge is 0.487 e. The van der Waals surface area contributed by atoms with Crippen LogP contribution in [0.1, 0.15) is 39.0 Å². The van der Waals surface area contributed by atoms with Crippen LogP contribution in [0.15, 0.2) is 18.2 Å². The van der Waals surface area contributed by atoms with E-state index < -0.39 is 11.9 Å². The molecule has 1 atom stereocenters. The summed E-state index contributed by atoms with van der Waals surface area (Å²) in [4.78, 5) is 11.7. The summed E-state index contributed by atoms with van der Waals surface area (Å²) in [5, 5.41) is 2.62. The van der Waals surface area contributed by atoms with Gasteiger partial charge in [-0.1, -0.05) is 13.3 Å². The predicted octanol–water partition coefficient (Wildman–Crippen LogP) is 2.82. The number of carbonyl (C=O) groups excluding carboxylic acids is 1. The van der Waals surface area contributed by atoms with E-state index in [0.29, 0.717) is 12.1 Å². The Balaban J connectivity index is 1.95. The van der Waals surface area contributed by atoms with Crippen molar-refractivity contribution < 1.29 is 13.9 Å². The third-order valence-electron chi connectivity index (χ3n) is 3.48. The van der Waals surface area contributed by atoms with E-state index >= 15 is 0 Å². The van der Waals surface area contributed by atoms with E-state index in [-0.39, 0.29) is 17.8 Å². The van der Waals surface area contributed by atoms with Crippen LogP contribution in [0.5, 0.6) is 5.75 Å². The van der Waals surface area contributed by atoms with E-state index in [1.165, 1.54) is 6.07 Å². The molecule has 1 amide bonds. The molecular weight excluding hydrogens is 259 g/mol. The van der Waals surface area contributed by atoms with Gasteiger partial charge in [-0.05, 0) is 37.8 Å². The fourth-order valence-electron chi connectivity index (χ4n) is 2.02. The quantitative estimate of drug-likeness (QED) is 0.842. The van der Waals surface area contributed by atoms with Crippen LogP contribution in [-0.2, 0) is 4.79 Å². The summed E-state index contributed by atoms with van der Waals surface area (Å²) in [7, 11) is 0. The van der Waals surface area contributed by atoms with Gasteiger partial charge in [0.15, 0.2) is 11.6 Å². The fraction of sp³-hybridized carbons (Fsp3) is 0.533.